The lowest BCUT2D eigenvalue weighted by Crippen LogP contribution is -2.21. The molecule has 136 valence electrons. The van der Waals surface area contributed by atoms with Crippen LogP contribution in [0.4, 0.5) is 5.69 Å². The lowest BCUT2D eigenvalue weighted by molar-refractivity contribution is -0.384. The van der Waals surface area contributed by atoms with Crippen molar-refractivity contribution in [3.63, 3.8) is 0 Å². The van der Waals surface area contributed by atoms with Crippen molar-refractivity contribution in [2.75, 3.05) is 5.75 Å². The first kappa shape index (κ1) is 19.7. The van der Waals surface area contributed by atoms with Gasteiger partial charge in [0.15, 0.2) is 0 Å². The highest BCUT2D eigenvalue weighted by molar-refractivity contribution is 7.99. The number of thioether (sulfide) groups is 1. The predicted octanol–water partition coefficient (Wildman–Crippen LogP) is 3.99. The smallest absolute Gasteiger partial charge is 0.269 e. The number of aryl methyl sites for hydroxylation is 2. The molecule has 6 nitrogen and oxygen atoms in total. The third kappa shape index (κ3) is 6.00. The lowest BCUT2D eigenvalue weighted by Gasteiger charge is -2.05. The van der Waals surface area contributed by atoms with Crippen molar-refractivity contribution in [2.45, 2.75) is 26.5 Å². The fraction of sp³-hybridized carbons (Fsp3) is 0.263. The highest BCUT2D eigenvalue weighted by Crippen LogP contribution is 2.16. The number of nitro benzene ring substituents is 1. The summed E-state index contributed by atoms with van der Waals surface area (Å²) in [6.45, 7) is 5.86. The van der Waals surface area contributed by atoms with Gasteiger partial charge in [0.2, 0.25) is 5.91 Å². The van der Waals surface area contributed by atoms with Gasteiger partial charge in [0.05, 0.1) is 16.4 Å². The van der Waals surface area contributed by atoms with E-state index in [2.05, 4.69) is 42.6 Å². The average Bonchev–Trinajstić information content (AvgIpc) is 2.59. The standard InChI is InChI=1S/C19H21N3O3S/c1-13-8-14(2)10-16(9-13)11-26-12-19(23)21-20-15(3)17-4-6-18(7-5-17)22(24)25/h4-10H,11-12H2,1-3H3,(H,21,23)/b20-15+. The van der Waals surface area contributed by atoms with Gasteiger partial charge < -0.3 is 0 Å². The molecule has 2 aromatic carbocycles. The van der Waals surface area contributed by atoms with E-state index < -0.39 is 4.92 Å². The average molecular weight is 371 g/mol. The molecule has 0 fully saturated rings. The zero-order valence-electron chi connectivity index (χ0n) is 15.0. The van der Waals surface area contributed by atoms with Crippen molar-refractivity contribution in [3.8, 4) is 0 Å². The summed E-state index contributed by atoms with van der Waals surface area (Å²) in [5.74, 6) is 0.894. The highest BCUT2D eigenvalue weighted by Gasteiger charge is 2.06. The fourth-order valence-corrected chi connectivity index (χ4v) is 3.24. The van der Waals surface area contributed by atoms with Gasteiger partial charge in [-0.2, -0.15) is 5.10 Å². The van der Waals surface area contributed by atoms with Crippen molar-refractivity contribution in [2.24, 2.45) is 5.10 Å². The summed E-state index contributed by atoms with van der Waals surface area (Å²) in [5.41, 5.74) is 7.49. The van der Waals surface area contributed by atoms with E-state index in [0.29, 0.717) is 11.5 Å². The number of hydrogen-bond acceptors (Lipinski definition) is 5. The number of benzene rings is 2. The van der Waals surface area contributed by atoms with Crippen molar-refractivity contribution in [1.82, 2.24) is 5.43 Å². The first-order valence-electron chi connectivity index (χ1n) is 8.08. The molecule has 2 rings (SSSR count). The molecule has 0 aliphatic rings. The van der Waals surface area contributed by atoms with Crippen LogP contribution in [0.3, 0.4) is 0 Å². The molecule has 0 bridgehead atoms. The van der Waals surface area contributed by atoms with Crippen LogP contribution in [0.1, 0.15) is 29.2 Å². The third-order valence-electron chi connectivity index (χ3n) is 3.63. The second-order valence-corrected chi connectivity index (χ2v) is 7.01. The van der Waals surface area contributed by atoms with Crippen molar-refractivity contribution in [3.05, 3.63) is 74.8 Å². The molecule has 2 aromatic rings. The summed E-state index contributed by atoms with van der Waals surface area (Å²) in [7, 11) is 0. The molecule has 7 heteroatoms. The summed E-state index contributed by atoms with van der Waals surface area (Å²) >= 11 is 1.53. The van der Waals surface area contributed by atoms with Gasteiger partial charge in [-0.1, -0.05) is 29.3 Å². The predicted molar refractivity (Wildman–Crippen MR) is 106 cm³/mol. The van der Waals surface area contributed by atoms with E-state index >= 15 is 0 Å². The minimum Gasteiger partial charge on any atom is -0.272 e. The van der Waals surface area contributed by atoms with Crippen LogP contribution in [0, 0.1) is 24.0 Å². The Morgan fingerprint density at radius 3 is 2.35 bits per heavy atom. The Labute approximate surface area is 156 Å². The van der Waals surface area contributed by atoms with E-state index in [1.807, 2.05) is 0 Å². The first-order chi connectivity index (χ1) is 12.3. The van der Waals surface area contributed by atoms with E-state index in [-0.39, 0.29) is 11.6 Å². The topological polar surface area (TPSA) is 84.6 Å². The van der Waals surface area contributed by atoms with Crippen LogP contribution in [0.25, 0.3) is 0 Å². The van der Waals surface area contributed by atoms with Crippen molar-refractivity contribution in [1.29, 1.82) is 0 Å². The number of non-ortho nitro benzene ring substituents is 1. The van der Waals surface area contributed by atoms with E-state index in [1.165, 1.54) is 40.6 Å². The molecular weight excluding hydrogens is 350 g/mol. The molecular formula is C19H21N3O3S. The fourth-order valence-electron chi connectivity index (χ4n) is 2.48. The molecule has 1 N–H and O–H groups in total. The Balaban J connectivity index is 1.83. The number of rotatable bonds is 7. The first-order valence-corrected chi connectivity index (χ1v) is 9.23. The van der Waals surface area contributed by atoms with Crippen LogP contribution in [-0.2, 0) is 10.5 Å². The Bertz CT molecular complexity index is 812. The number of carbonyl (C=O) groups excluding carboxylic acids is 1. The van der Waals surface area contributed by atoms with Crippen LogP contribution >= 0.6 is 11.8 Å². The minimum atomic E-state index is -0.453. The maximum atomic E-state index is 11.9. The summed E-state index contributed by atoms with van der Waals surface area (Å²) in [5, 5.41) is 14.7. The highest BCUT2D eigenvalue weighted by atomic mass is 32.2. The number of carbonyl (C=O) groups is 1. The Hall–Kier alpha value is -2.67. The quantitative estimate of drug-likeness (QED) is 0.453. The van der Waals surface area contributed by atoms with Crippen molar-refractivity contribution >= 4 is 29.1 Å². The zero-order chi connectivity index (χ0) is 19.1. The van der Waals surface area contributed by atoms with Gasteiger partial charge in [-0.25, -0.2) is 5.43 Å². The largest absolute Gasteiger partial charge is 0.272 e. The summed E-state index contributed by atoms with van der Waals surface area (Å²) < 4.78 is 0. The number of nitrogens with zero attached hydrogens (tertiary/aromatic N) is 2. The number of hydrogen-bond donors (Lipinski definition) is 1. The molecule has 0 saturated carbocycles. The maximum Gasteiger partial charge on any atom is 0.269 e. The SMILES string of the molecule is C/C(=N\NC(=O)CSCc1cc(C)cc(C)c1)c1ccc([N+](=O)[O-])cc1. The van der Waals surface area contributed by atoms with Crippen LogP contribution in [0.15, 0.2) is 47.6 Å². The van der Waals surface area contributed by atoms with E-state index in [0.717, 1.165) is 11.3 Å². The number of hydrazone groups is 1. The van der Waals surface area contributed by atoms with Crippen LogP contribution in [0.2, 0.25) is 0 Å². The molecule has 0 saturated heterocycles. The van der Waals surface area contributed by atoms with Crippen LogP contribution in [-0.4, -0.2) is 22.3 Å². The van der Waals surface area contributed by atoms with E-state index in [4.69, 9.17) is 0 Å². The van der Waals surface area contributed by atoms with Gasteiger partial charge >= 0.3 is 0 Å². The molecule has 0 spiro atoms. The van der Waals surface area contributed by atoms with E-state index in [9.17, 15) is 14.9 Å². The lowest BCUT2D eigenvalue weighted by atomic mass is 10.1. The van der Waals surface area contributed by atoms with Gasteiger partial charge in [-0.15, -0.1) is 11.8 Å². The third-order valence-corrected chi connectivity index (χ3v) is 4.63. The van der Waals surface area contributed by atoms with Crippen LogP contribution < -0.4 is 5.43 Å². The molecule has 0 radical (unpaired) electrons. The van der Waals surface area contributed by atoms with Gasteiger partial charge in [-0.3, -0.25) is 14.9 Å². The molecule has 1 amide bonds. The molecule has 0 aliphatic carbocycles. The van der Waals surface area contributed by atoms with Gasteiger partial charge in [-0.05, 0) is 44.0 Å². The second-order valence-electron chi connectivity index (χ2n) is 6.02. The Morgan fingerprint density at radius 1 is 1.15 bits per heavy atom. The Morgan fingerprint density at radius 2 is 1.77 bits per heavy atom. The van der Waals surface area contributed by atoms with Crippen LogP contribution in [0.5, 0.6) is 0 Å². The summed E-state index contributed by atoms with van der Waals surface area (Å²) in [4.78, 5) is 22.1. The molecule has 0 atom stereocenters. The van der Waals surface area contributed by atoms with Gasteiger partial charge in [0.1, 0.15) is 0 Å². The normalized spacial score (nSPS) is 11.3. The second kappa shape index (κ2) is 9.15. The van der Waals surface area contributed by atoms with Gasteiger partial charge in [0.25, 0.3) is 5.69 Å². The number of nitro groups is 1. The number of nitrogens with one attached hydrogen (secondary N) is 1. The summed E-state index contributed by atoms with van der Waals surface area (Å²) in [6, 6.07) is 12.4. The number of amides is 1. The zero-order valence-corrected chi connectivity index (χ0v) is 15.8. The molecule has 0 aromatic heterocycles. The minimum absolute atomic E-state index is 0.0216. The van der Waals surface area contributed by atoms with E-state index in [1.54, 1.807) is 19.1 Å². The molecule has 26 heavy (non-hydrogen) atoms. The summed E-state index contributed by atoms with van der Waals surface area (Å²) in [6.07, 6.45) is 0. The molecule has 0 unspecified atom stereocenters. The van der Waals surface area contributed by atoms with Gasteiger partial charge in [0, 0.05) is 17.9 Å². The molecule has 0 aliphatic heterocycles. The van der Waals surface area contributed by atoms with Crippen molar-refractivity contribution < 1.29 is 9.72 Å². The monoisotopic (exact) mass is 371 g/mol. The maximum absolute atomic E-state index is 11.9. The Kier molecular flexibility index (Phi) is 6.91. The molecule has 0 heterocycles.